The maximum Gasteiger partial charge on any atom is 0.250 e. The number of halogens is 1. The summed E-state index contributed by atoms with van der Waals surface area (Å²) in [6, 6.07) is 4.42. The molecular formula is C11H10ClN3O4. The molecule has 0 aliphatic heterocycles. The van der Waals surface area contributed by atoms with Crippen LogP contribution in [-0.2, 0) is 9.59 Å². The minimum absolute atomic E-state index is 0.0115. The molecule has 1 rings (SSSR count). The molecule has 19 heavy (non-hydrogen) atoms. The van der Waals surface area contributed by atoms with Crippen molar-refractivity contribution in [2.45, 2.75) is 0 Å². The number of nitrogens with zero attached hydrogens (tertiary/aromatic N) is 1. The van der Waals surface area contributed by atoms with Gasteiger partial charge in [-0.15, -0.1) is 0 Å². The van der Waals surface area contributed by atoms with Gasteiger partial charge in [-0.05, 0) is 12.1 Å². The maximum atomic E-state index is 11.1. The molecule has 4 N–H and O–H groups in total. The van der Waals surface area contributed by atoms with Crippen LogP contribution in [0.3, 0.4) is 0 Å². The van der Waals surface area contributed by atoms with Crippen molar-refractivity contribution in [3.8, 4) is 6.07 Å². The average molecular weight is 284 g/mol. The van der Waals surface area contributed by atoms with E-state index in [0.29, 0.717) is 0 Å². The Labute approximate surface area is 113 Å². The molecule has 7 nitrogen and oxygen atoms in total. The molecule has 0 aromatic heterocycles. The van der Waals surface area contributed by atoms with E-state index in [2.05, 4.69) is 10.6 Å². The van der Waals surface area contributed by atoms with Gasteiger partial charge in [-0.1, -0.05) is 11.6 Å². The summed E-state index contributed by atoms with van der Waals surface area (Å²) in [5.41, 5.74) is 0.298. The lowest BCUT2D eigenvalue weighted by Crippen LogP contribution is -2.18. The quantitative estimate of drug-likeness (QED) is 0.623. The Morgan fingerprint density at radius 1 is 1.16 bits per heavy atom. The number of amides is 2. The highest BCUT2D eigenvalue weighted by Gasteiger charge is 2.13. The van der Waals surface area contributed by atoms with Crippen LogP contribution < -0.4 is 10.6 Å². The number of nitrogens with one attached hydrogen (secondary N) is 2. The fraction of sp³-hybridized carbons (Fsp3) is 0.182. The molecule has 1 aromatic carbocycles. The summed E-state index contributed by atoms with van der Waals surface area (Å²) >= 11 is 5.94. The molecule has 0 bridgehead atoms. The summed E-state index contributed by atoms with van der Waals surface area (Å²) in [4.78, 5) is 22.2. The number of hydrogen-bond acceptors (Lipinski definition) is 5. The number of rotatable bonds is 4. The van der Waals surface area contributed by atoms with E-state index in [1.54, 1.807) is 0 Å². The molecule has 0 aliphatic rings. The number of carbonyl (C=O) groups excluding carboxylic acids is 2. The SMILES string of the molecule is N#Cc1cc(NC(=O)CO)c(Cl)c(NC(=O)CO)c1. The predicted octanol–water partition coefficient (Wildman–Crippen LogP) is 0.0733. The Morgan fingerprint density at radius 3 is 1.89 bits per heavy atom. The number of aliphatic hydroxyl groups is 2. The van der Waals surface area contributed by atoms with E-state index in [4.69, 9.17) is 27.1 Å². The molecule has 0 radical (unpaired) electrons. The molecule has 1 aromatic rings. The molecule has 0 spiro atoms. The molecule has 0 atom stereocenters. The molecule has 0 fully saturated rings. The first-order chi connectivity index (χ1) is 9.01. The van der Waals surface area contributed by atoms with Crippen LogP contribution in [0, 0.1) is 11.3 Å². The number of nitriles is 1. The van der Waals surface area contributed by atoms with Gasteiger partial charge in [0, 0.05) is 0 Å². The van der Waals surface area contributed by atoms with Gasteiger partial charge < -0.3 is 20.8 Å². The van der Waals surface area contributed by atoms with Crippen molar-refractivity contribution in [1.82, 2.24) is 0 Å². The summed E-state index contributed by atoms with van der Waals surface area (Å²) in [6.07, 6.45) is 0. The number of carbonyl (C=O) groups is 2. The maximum absolute atomic E-state index is 11.1. The summed E-state index contributed by atoms with van der Waals surface area (Å²) in [6.45, 7) is -1.49. The van der Waals surface area contributed by atoms with Crippen LogP contribution in [0.25, 0.3) is 0 Å². The van der Waals surface area contributed by atoms with Gasteiger partial charge in [-0.25, -0.2) is 0 Å². The smallest absolute Gasteiger partial charge is 0.250 e. The lowest BCUT2D eigenvalue weighted by molar-refractivity contribution is -0.119. The summed E-state index contributed by atoms with van der Waals surface area (Å²) in [7, 11) is 0. The predicted molar refractivity (Wildman–Crippen MR) is 67.6 cm³/mol. The second kappa shape index (κ2) is 6.70. The molecule has 0 saturated heterocycles. The van der Waals surface area contributed by atoms with Crippen LogP contribution in [0.1, 0.15) is 5.56 Å². The van der Waals surface area contributed by atoms with E-state index in [9.17, 15) is 9.59 Å². The number of anilines is 2. The van der Waals surface area contributed by atoms with E-state index in [-0.39, 0.29) is 22.0 Å². The summed E-state index contributed by atoms with van der Waals surface area (Å²) < 4.78 is 0. The van der Waals surface area contributed by atoms with E-state index in [1.165, 1.54) is 12.1 Å². The molecule has 0 unspecified atom stereocenters. The first-order valence-electron chi connectivity index (χ1n) is 5.07. The van der Waals surface area contributed by atoms with Gasteiger partial charge in [0.1, 0.15) is 13.2 Å². The van der Waals surface area contributed by atoms with Crippen LogP contribution in [0.15, 0.2) is 12.1 Å². The van der Waals surface area contributed by atoms with Gasteiger partial charge in [-0.3, -0.25) is 9.59 Å². The lowest BCUT2D eigenvalue weighted by Gasteiger charge is -2.11. The van der Waals surface area contributed by atoms with Gasteiger partial charge in [0.15, 0.2) is 0 Å². The number of benzene rings is 1. The van der Waals surface area contributed by atoms with Crippen molar-refractivity contribution in [2.75, 3.05) is 23.8 Å². The third-order valence-electron chi connectivity index (χ3n) is 2.04. The van der Waals surface area contributed by atoms with Crippen LogP contribution in [0.4, 0.5) is 11.4 Å². The standard InChI is InChI=1S/C11H10ClN3O4/c12-11-7(14-9(18)4-16)1-6(3-13)2-8(11)15-10(19)5-17/h1-2,16-17H,4-5H2,(H,14,18)(H,15,19). The Balaban J connectivity index is 3.17. The molecule has 100 valence electrons. The zero-order valence-corrected chi connectivity index (χ0v) is 10.4. The lowest BCUT2D eigenvalue weighted by atomic mass is 10.2. The summed E-state index contributed by atoms with van der Waals surface area (Å²) in [5.74, 6) is -1.42. The third kappa shape index (κ3) is 3.93. The fourth-order valence-electron chi connectivity index (χ4n) is 1.25. The molecule has 8 heteroatoms. The molecule has 0 saturated carbocycles. The minimum Gasteiger partial charge on any atom is -0.387 e. The van der Waals surface area contributed by atoms with Crippen molar-refractivity contribution in [3.63, 3.8) is 0 Å². The minimum atomic E-state index is -0.745. The molecule has 0 aliphatic carbocycles. The number of aliphatic hydroxyl groups excluding tert-OH is 2. The first kappa shape index (κ1) is 14.9. The Kier molecular flexibility index (Phi) is 5.26. The average Bonchev–Trinajstić information content (AvgIpc) is 2.42. The largest absolute Gasteiger partial charge is 0.387 e. The summed E-state index contributed by atoms with van der Waals surface area (Å²) in [5, 5.41) is 30.7. The highest BCUT2D eigenvalue weighted by Crippen LogP contribution is 2.31. The number of hydrogen-bond donors (Lipinski definition) is 4. The highest BCUT2D eigenvalue weighted by atomic mass is 35.5. The van der Waals surface area contributed by atoms with Crippen LogP contribution in [-0.4, -0.2) is 35.2 Å². The fourth-order valence-corrected chi connectivity index (χ4v) is 1.45. The van der Waals surface area contributed by atoms with Crippen LogP contribution in [0.5, 0.6) is 0 Å². The molecule has 0 heterocycles. The van der Waals surface area contributed by atoms with Crippen LogP contribution >= 0.6 is 11.6 Å². The van der Waals surface area contributed by atoms with E-state index < -0.39 is 25.0 Å². The highest BCUT2D eigenvalue weighted by molar-refractivity contribution is 6.37. The van der Waals surface area contributed by atoms with E-state index >= 15 is 0 Å². The van der Waals surface area contributed by atoms with Crippen LogP contribution in [0.2, 0.25) is 5.02 Å². The van der Waals surface area contributed by atoms with E-state index in [0.717, 1.165) is 0 Å². The van der Waals surface area contributed by atoms with Gasteiger partial charge >= 0.3 is 0 Å². The molecular weight excluding hydrogens is 274 g/mol. The topological polar surface area (TPSA) is 122 Å². The monoisotopic (exact) mass is 283 g/mol. The van der Waals surface area contributed by atoms with Crippen molar-refractivity contribution >= 4 is 34.8 Å². The van der Waals surface area contributed by atoms with Crippen molar-refractivity contribution in [2.24, 2.45) is 0 Å². The first-order valence-corrected chi connectivity index (χ1v) is 5.44. The van der Waals surface area contributed by atoms with Crippen molar-refractivity contribution in [1.29, 1.82) is 5.26 Å². The zero-order chi connectivity index (χ0) is 14.4. The Bertz CT molecular complexity index is 514. The van der Waals surface area contributed by atoms with Gasteiger partial charge in [-0.2, -0.15) is 5.26 Å². The van der Waals surface area contributed by atoms with Gasteiger partial charge in [0.05, 0.1) is 28.0 Å². The Morgan fingerprint density at radius 2 is 1.58 bits per heavy atom. The molecule has 2 amide bonds. The van der Waals surface area contributed by atoms with Crippen molar-refractivity contribution < 1.29 is 19.8 Å². The van der Waals surface area contributed by atoms with Gasteiger partial charge in [0.25, 0.3) is 0 Å². The van der Waals surface area contributed by atoms with E-state index in [1.807, 2.05) is 6.07 Å². The Hall–Kier alpha value is -2.14. The van der Waals surface area contributed by atoms with Crippen molar-refractivity contribution in [3.05, 3.63) is 22.7 Å². The second-order valence-electron chi connectivity index (χ2n) is 3.41. The zero-order valence-electron chi connectivity index (χ0n) is 9.61. The van der Waals surface area contributed by atoms with Gasteiger partial charge in [0.2, 0.25) is 11.8 Å². The second-order valence-corrected chi connectivity index (χ2v) is 3.79. The third-order valence-corrected chi connectivity index (χ3v) is 2.44. The normalized spacial score (nSPS) is 9.58.